The molecule has 0 saturated heterocycles. The quantitative estimate of drug-likeness (QED) is 0.737. The van der Waals surface area contributed by atoms with Crippen LogP contribution < -0.4 is 22.3 Å². The highest BCUT2D eigenvalue weighted by Crippen LogP contribution is 2.13. The van der Waals surface area contributed by atoms with Crippen LogP contribution in [0.25, 0.3) is 0 Å². The number of nitrogen functional groups attached to an aromatic ring is 1. The predicted molar refractivity (Wildman–Crippen MR) is 80.1 cm³/mol. The van der Waals surface area contributed by atoms with Gasteiger partial charge in [0.25, 0.3) is 5.56 Å². The SMILES string of the molecule is CCCCn1c(N)c(NCc2nccs2)c(=O)[nH]c1=O. The highest BCUT2D eigenvalue weighted by atomic mass is 32.1. The van der Waals surface area contributed by atoms with Gasteiger partial charge in [-0.2, -0.15) is 0 Å². The second-order valence-corrected chi connectivity index (χ2v) is 5.28. The standard InChI is InChI=1S/C12H17N5O2S/c1-2-3-5-17-10(13)9(11(18)16-12(17)19)15-7-8-14-4-6-20-8/h4,6,15H,2-3,5,7,13H2,1H3,(H,16,18,19). The summed E-state index contributed by atoms with van der Waals surface area (Å²) in [5.41, 5.74) is 5.17. The highest BCUT2D eigenvalue weighted by Gasteiger charge is 2.12. The molecule has 0 atom stereocenters. The van der Waals surface area contributed by atoms with E-state index in [1.165, 1.54) is 15.9 Å². The summed E-state index contributed by atoms with van der Waals surface area (Å²) >= 11 is 1.48. The van der Waals surface area contributed by atoms with Gasteiger partial charge in [-0.25, -0.2) is 9.78 Å². The van der Waals surface area contributed by atoms with E-state index in [0.29, 0.717) is 13.1 Å². The zero-order valence-corrected chi connectivity index (χ0v) is 12.0. The van der Waals surface area contributed by atoms with Gasteiger partial charge in [0.2, 0.25) is 0 Å². The Morgan fingerprint density at radius 3 is 2.95 bits per heavy atom. The fraction of sp³-hybridized carbons (Fsp3) is 0.417. The summed E-state index contributed by atoms with van der Waals surface area (Å²) in [5.74, 6) is 0.170. The lowest BCUT2D eigenvalue weighted by molar-refractivity contribution is 0.605. The molecular formula is C12H17N5O2S. The number of rotatable bonds is 6. The number of aromatic nitrogens is 3. The first-order valence-corrected chi connectivity index (χ1v) is 7.26. The lowest BCUT2D eigenvalue weighted by Crippen LogP contribution is -2.34. The minimum absolute atomic E-state index is 0.170. The van der Waals surface area contributed by atoms with Crippen LogP contribution in [-0.2, 0) is 13.1 Å². The topological polar surface area (TPSA) is 106 Å². The summed E-state index contributed by atoms with van der Waals surface area (Å²) < 4.78 is 1.38. The Bertz CT molecular complexity index is 674. The van der Waals surface area contributed by atoms with Crippen molar-refractivity contribution >= 4 is 22.8 Å². The normalized spacial score (nSPS) is 10.7. The van der Waals surface area contributed by atoms with Gasteiger partial charge in [-0.05, 0) is 6.42 Å². The fourth-order valence-corrected chi connectivity index (χ4v) is 2.36. The van der Waals surface area contributed by atoms with Gasteiger partial charge in [-0.15, -0.1) is 11.3 Å². The molecule has 7 nitrogen and oxygen atoms in total. The molecule has 0 aliphatic rings. The van der Waals surface area contributed by atoms with Crippen molar-refractivity contribution < 1.29 is 0 Å². The van der Waals surface area contributed by atoms with Crippen molar-refractivity contribution in [2.45, 2.75) is 32.9 Å². The molecule has 4 N–H and O–H groups in total. The molecule has 0 aliphatic carbocycles. The molecule has 2 rings (SSSR count). The van der Waals surface area contributed by atoms with E-state index >= 15 is 0 Å². The van der Waals surface area contributed by atoms with E-state index in [2.05, 4.69) is 15.3 Å². The zero-order chi connectivity index (χ0) is 14.5. The van der Waals surface area contributed by atoms with Crippen molar-refractivity contribution in [1.29, 1.82) is 0 Å². The molecule has 20 heavy (non-hydrogen) atoms. The van der Waals surface area contributed by atoms with Gasteiger partial charge >= 0.3 is 5.69 Å². The van der Waals surface area contributed by atoms with Crippen LogP contribution in [0.2, 0.25) is 0 Å². The number of aromatic amines is 1. The summed E-state index contributed by atoms with van der Waals surface area (Å²) in [6.07, 6.45) is 3.45. The van der Waals surface area contributed by atoms with E-state index in [0.717, 1.165) is 17.8 Å². The number of hydrogen-bond donors (Lipinski definition) is 3. The molecule has 0 saturated carbocycles. The maximum atomic E-state index is 11.8. The van der Waals surface area contributed by atoms with Gasteiger partial charge in [0, 0.05) is 18.1 Å². The van der Waals surface area contributed by atoms with Crippen LogP contribution in [-0.4, -0.2) is 14.5 Å². The van der Waals surface area contributed by atoms with Crippen LogP contribution in [0, 0.1) is 0 Å². The van der Waals surface area contributed by atoms with Gasteiger partial charge in [0.1, 0.15) is 16.5 Å². The molecule has 0 fully saturated rings. The van der Waals surface area contributed by atoms with E-state index in [1.807, 2.05) is 12.3 Å². The number of hydrogen-bond acceptors (Lipinski definition) is 6. The first-order valence-electron chi connectivity index (χ1n) is 6.38. The van der Waals surface area contributed by atoms with E-state index in [1.54, 1.807) is 6.20 Å². The summed E-state index contributed by atoms with van der Waals surface area (Å²) in [6, 6.07) is 0. The van der Waals surface area contributed by atoms with E-state index < -0.39 is 11.2 Å². The minimum Gasteiger partial charge on any atom is -0.383 e. The molecule has 2 aromatic heterocycles. The minimum atomic E-state index is -0.503. The predicted octanol–water partition coefficient (Wildman–Crippen LogP) is 0.988. The number of thiazole rings is 1. The smallest absolute Gasteiger partial charge is 0.330 e. The highest BCUT2D eigenvalue weighted by molar-refractivity contribution is 7.09. The number of nitrogens with zero attached hydrogens (tertiary/aromatic N) is 2. The molecule has 108 valence electrons. The summed E-state index contributed by atoms with van der Waals surface area (Å²) in [4.78, 5) is 30.0. The Balaban J connectivity index is 2.27. The van der Waals surface area contributed by atoms with Crippen LogP contribution in [0.5, 0.6) is 0 Å². The molecule has 0 radical (unpaired) electrons. The molecule has 0 bridgehead atoms. The Labute approximate surface area is 119 Å². The van der Waals surface area contributed by atoms with Crippen molar-refractivity contribution in [3.05, 3.63) is 37.4 Å². The second-order valence-electron chi connectivity index (χ2n) is 4.30. The monoisotopic (exact) mass is 295 g/mol. The Morgan fingerprint density at radius 1 is 1.50 bits per heavy atom. The third-order valence-electron chi connectivity index (χ3n) is 2.87. The average molecular weight is 295 g/mol. The van der Waals surface area contributed by atoms with Crippen molar-refractivity contribution in [3.8, 4) is 0 Å². The Morgan fingerprint density at radius 2 is 2.30 bits per heavy atom. The molecular weight excluding hydrogens is 278 g/mol. The average Bonchev–Trinajstić information content (AvgIpc) is 2.91. The van der Waals surface area contributed by atoms with Crippen molar-refractivity contribution in [2.24, 2.45) is 0 Å². The summed E-state index contributed by atoms with van der Waals surface area (Å²) in [7, 11) is 0. The first kappa shape index (κ1) is 14.3. The Kier molecular flexibility index (Phi) is 4.57. The van der Waals surface area contributed by atoms with Gasteiger partial charge in [-0.1, -0.05) is 13.3 Å². The molecule has 0 amide bonds. The van der Waals surface area contributed by atoms with Gasteiger partial charge in [-0.3, -0.25) is 14.3 Å². The summed E-state index contributed by atoms with van der Waals surface area (Å²) in [6.45, 7) is 2.91. The lowest BCUT2D eigenvalue weighted by atomic mass is 10.3. The fourth-order valence-electron chi connectivity index (χ4n) is 1.80. The largest absolute Gasteiger partial charge is 0.383 e. The van der Waals surface area contributed by atoms with Crippen LogP contribution in [0.15, 0.2) is 21.2 Å². The van der Waals surface area contributed by atoms with Gasteiger partial charge in [0.05, 0.1) is 6.54 Å². The number of anilines is 2. The maximum absolute atomic E-state index is 11.8. The molecule has 0 aromatic carbocycles. The Hall–Kier alpha value is -2.09. The van der Waals surface area contributed by atoms with Gasteiger partial charge < -0.3 is 11.1 Å². The second kappa shape index (κ2) is 6.38. The maximum Gasteiger partial charge on any atom is 0.330 e. The van der Waals surface area contributed by atoms with Crippen molar-refractivity contribution in [1.82, 2.24) is 14.5 Å². The van der Waals surface area contributed by atoms with Crippen LogP contribution in [0.3, 0.4) is 0 Å². The third-order valence-corrected chi connectivity index (χ3v) is 3.65. The molecule has 0 spiro atoms. The number of nitrogens with one attached hydrogen (secondary N) is 2. The van der Waals surface area contributed by atoms with Crippen molar-refractivity contribution in [2.75, 3.05) is 11.1 Å². The number of unbranched alkanes of at least 4 members (excludes halogenated alkanes) is 1. The number of H-pyrrole nitrogens is 1. The first-order chi connectivity index (χ1) is 9.63. The number of nitrogens with two attached hydrogens (primary N) is 1. The van der Waals surface area contributed by atoms with Crippen LogP contribution >= 0.6 is 11.3 Å². The van der Waals surface area contributed by atoms with E-state index in [4.69, 9.17) is 5.73 Å². The lowest BCUT2D eigenvalue weighted by Gasteiger charge is -2.12. The molecule has 0 unspecified atom stereocenters. The molecule has 2 heterocycles. The van der Waals surface area contributed by atoms with E-state index in [-0.39, 0.29) is 11.5 Å². The van der Waals surface area contributed by atoms with Crippen LogP contribution in [0.4, 0.5) is 11.5 Å². The zero-order valence-electron chi connectivity index (χ0n) is 11.2. The van der Waals surface area contributed by atoms with Crippen molar-refractivity contribution in [3.63, 3.8) is 0 Å². The molecule has 0 aliphatic heterocycles. The van der Waals surface area contributed by atoms with Gasteiger partial charge in [0.15, 0.2) is 0 Å². The third kappa shape index (κ3) is 3.08. The van der Waals surface area contributed by atoms with Crippen LogP contribution in [0.1, 0.15) is 24.8 Å². The molecule has 8 heteroatoms. The molecule has 2 aromatic rings. The summed E-state index contributed by atoms with van der Waals surface area (Å²) in [5, 5.41) is 5.64. The van der Waals surface area contributed by atoms with E-state index in [9.17, 15) is 9.59 Å².